The highest BCUT2D eigenvalue weighted by Crippen LogP contribution is 2.30. The SMILES string of the molecule is N#Cc1cc(Br)ccc1SC(Cc1ccccc1)C(=O)O. The minimum absolute atomic E-state index is 0.418. The first-order valence-electron chi connectivity index (χ1n) is 6.23. The van der Waals surface area contributed by atoms with E-state index in [9.17, 15) is 9.90 Å². The van der Waals surface area contributed by atoms with Crippen LogP contribution in [0.3, 0.4) is 0 Å². The minimum Gasteiger partial charge on any atom is -0.480 e. The summed E-state index contributed by atoms with van der Waals surface area (Å²) in [4.78, 5) is 12.1. The quantitative estimate of drug-likeness (QED) is 0.814. The number of hydrogen-bond donors (Lipinski definition) is 1. The van der Waals surface area contributed by atoms with E-state index in [1.165, 1.54) is 11.8 Å². The molecule has 1 N–H and O–H groups in total. The Hall–Kier alpha value is -1.77. The monoisotopic (exact) mass is 361 g/mol. The lowest BCUT2D eigenvalue weighted by molar-refractivity contribution is -0.136. The van der Waals surface area contributed by atoms with Crippen molar-refractivity contribution >= 4 is 33.7 Å². The summed E-state index contributed by atoms with van der Waals surface area (Å²) in [6, 6.07) is 16.9. The van der Waals surface area contributed by atoms with Crippen LogP contribution in [0.5, 0.6) is 0 Å². The molecule has 0 heterocycles. The van der Waals surface area contributed by atoms with Crippen molar-refractivity contribution in [2.75, 3.05) is 0 Å². The third kappa shape index (κ3) is 4.35. The zero-order valence-electron chi connectivity index (χ0n) is 11.0. The van der Waals surface area contributed by atoms with Crippen LogP contribution in [0, 0.1) is 11.3 Å². The van der Waals surface area contributed by atoms with Crippen LogP contribution in [-0.2, 0) is 11.2 Å². The van der Waals surface area contributed by atoms with Crippen molar-refractivity contribution in [3.8, 4) is 6.07 Å². The molecule has 1 atom stereocenters. The summed E-state index contributed by atoms with van der Waals surface area (Å²) < 4.78 is 0.804. The molecule has 0 aliphatic heterocycles. The molecule has 106 valence electrons. The molecular formula is C16H12BrNO2S. The number of benzene rings is 2. The van der Waals surface area contributed by atoms with E-state index in [-0.39, 0.29) is 0 Å². The number of carboxylic acids is 1. The number of halogens is 1. The van der Waals surface area contributed by atoms with Crippen molar-refractivity contribution in [3.05, 3.63) is 64.1 Å². The summed E-state index contributed by atoms with van der Waals surface area (Å²) in [6.07, 6.45) is 0.418. The molecule has 5 heteroatoms. The van der Waals surface area contributed by atoms with E-state index >= 15 is 0 Å². The van der Waals surface area contributed by atoms with Crippen LogP contribution in [0.1, 0.15) is 11.1 Å². The number of carboxylic acid groups (broad SMARTS) is 1. The van der Waals surface area contributed by atoms with E-state index in [2.05, 4.69) is 22.0 Å². The highest BCUT2D eigenvalue weighted by molar-refractivity contribution is 9.10. The zero-order chi connectivity index (χ0) is 15.2. The van der Waals surface area contributed by atoms with Gasteiger partial charge in [-0.25, -0.2) is 0 Å². The van der Waals surface area contributed by atoms with Gasteiger partial charge in [-0.3, -0.25) is 4.79 Å². The van der Waals surface area contributed by atoms with Crippen molar-refractivity contribution in [1.82, 2.24) is 0 Å². The van der Waals surface area contributed by atoms with Crippen LogP contribution in [0.2, 0.25) is 0 Å². The number of rotatable bonds is 5. The third-order valence-electron chi connectivity index (χ3n) is 2.87. The van der Waals surface area contributed by atoms with Crippen molar-refractivity contribution in [3.63, 3.8) is 0 Å². The van der Waals surface area contributed by atoms with Crippen LogP contribution in [0.4, 0.5) is 0 Å². The Morgan fingerprint density at radius 1 is 1.29 bits per heavy atom. The van der Waals surface area contributed by atoms with Gasteiger partial charge in [-0.15, -0.1) is 11.8 Å². The smallest absolute Gasteiger partial charge is 0.317 e. The zero-order valence-corrected chi connectivity index (χ0v) is 13.4. The van der Waals surface area contributed by atoms with Crippen LogP contribution in [-0.4, -0.2) is 16.3 Å². The Balaban J connectivity index is 2.21. The molecule has 21 heavy (non-hydrogen) atoms. The van der Waals surface area contributed by atoms with Crippen molar-refractivity contribution in [1.29, 1.82) is 5.26 Å². The summed E-state index contributed by atoms with van der Waals surface area (Å²) in [5, 5.41) is 17.9. The second-order valence-electron chi connectivity index (χ2n) is 4.39. The first-order chi connectivity index (χ1) is 10.1. The molecular weight excluding hydrogens is 350 g/mol. The summed E-state index contributed by atoms with van der Waals surface area (Å²) in [5.74, 6) is -0.879. The molecule has 0 amide bonds. The van der Waals surface area contributed by atoms with E-state index in [0.717, 1.165) is 10.0 Å². The van der Waals surface area contributed by atoms with Gasteiger partial charge in [0, 0.05) is 9.37 Å². The number of thioether (sulfide) groups is 1. The number of nitrogens with zero attached hydrogens (tertiary/aromatic N) is 1. The Bertz CT molecular complexity index is 682. The fourth-order valence-electron chi connectivity index (χ4n) is 1.85. The number of aliphatic carboxylic acids is 1. The van der Waals surface area contributed by atoms with E-state index in [1.54, 1.807) is 12.1 Å². The number of hydrogen-bond acceptors (Lipinski definition) is 3. The van der Waals surface area contributed by atoms with Gasteiger partial charge in [-0.1, -0.05) is 46.3 Å². The van der Waals surface area contributed by atoms with Crippen molar-refractivity contribution in [2.45, 2.75) is 16.6 Å². The maximum Gasteiger partial charge on any atom is 0.317 e. The average Bonchev–Trinajstić information content (AvgIpc) is 2.49. The Kier molecular flexibility index (Phi) is 5.43. The van der Waals surface area contributed by atoms with E-state index in [0.29, 0.717) is 16.9 Å². The van der Waals surface area contributed by atoms with Crippen molar-refractivity contribution < 1.29 is 9.90 Å². The topological polar surface area (TPSA) is 61.1 Å². The minimum atomic E-state index is -0.879. The van der Waals surface area contributed by atoms with Gasteiger partial charge in [0.15, 0.2) is 0 Å². The van der Waals surface area contributed by atoms with Gasteiger partial charge in [0.2, 0.25) is 0 Å². The van der Waals surface area contributed by atoms with Gasteiger partial charge in [-0.05, 0) is 30.2 Å². The lowest BCUT2D eigenvalue weighted by Crippen LogP contribution is -2.19. The van der Waals surface area contributed by atoms with Gasteiger partial charge in [0.25, 0.3) is 0 Å². The molecule has 0 radical (unpaired) electrons. The molecule has 0 aliphatic carbocycles. The largest absolute Gasteiger partial charge is 0.480 e. The van der Waals surface area contributed by atoms with Gasteiger partial charge < -0.3 is 5.11 Å². The molecule has 2 rings (SSSR count). The second kappa shape index (κ2) is 7.30. The molecule has 3 nitrogen and oxygen atoms in total. The van der Waals surface area contributed by atoms with E-state index in [1.807, 2.05) is 36.4 Å². The summed E-state index contributed by atoms with van der Waals surface area (Å²) >= 11 is 4.52. The molecule has 2 aromatic rings. The Labute approximate surface area is 135 Å². The van der Waals surface area contributed by atoms with Crippen LogP contribution >= 0.6 is 27.7 Å². The van der Waals surface area contributed by atoms with Gasteiger partial charge in [0.05, 0.1) is 5.56 Å². The van der Waals surface area contributed by atoms with Crippen LogP contribution < -0.4 is 0 Å². The van der Waals surface area contributed by atoms with Crippen LogP contribution in [0.25, 0.3) is 0 Å². The van der Waals surface area contributed by atoms with Crippen LogP contribution in [0.15, 0.2) is 57.9 Å². The highest BCUT2D eigenvalue weighted by atomic mass is 79.9. The van der Waals surface area contributed by atoms with Gasteiger partial charge in [-0.2, -0.15) is 5.26 Å². The lowest BCUT2D eigenvalue weighted by Gasteiger charge is -2.13. The standard InChI is InChI=1S/C16H12BrNO2S/c17-13-6-7-14(12(9-13)10-18)21-15(16(19)20)8-11-4-2-1-3-5-11/h1-7,9,15H,8H2,(H,19,20). The fourth-order valence-corrected chi connectivity index (χ4v) is 3.28. The van der Waals surface area contributed by atoms with Gasteiger partial charge >= 0.3 is 5.97 Å². The Morgan fingerprint density at radius 3 is 2.62 bits per heavy atom. The maximum atomic E-state index is 11.5. The summed E-state index contributed by atoms with van der Waals surface area (Å²) in [5.41, 5.74) is 1.45. The predicted molar refractivity (Wildman–Crippen MR) is 86.3 cm³/mol. The fraction of sp³-hybridized carbons (Fsp3) is 0.125. The molecule has 0 fully saturated rings. The first kappa shape index (κ1) is 15.6. The third-order valence-corrected chi connectivity index (χ3v) is 4.63. The maximum absolute atomic E-state index is 11.5. The molecule has 2 aromatic carbocycles. The molecule has 0 bridgehead atoms. The molecule has 0 spiro atoms. The summed E-state index contributed by atoms with van der Waals surface area (Å²) in [7, 11) is 0. The molecule has 0 saturated heterocycles. The average molecular weight is 362 g/mol. The molecule has 1 unspecified atom stereocenters. The predicted octanol–water partition coefficient (Wildman–Crippen LogP) is 4.11. The summed E-state index contributed by atoms with van der Waals surface area (Å²) in [6.45, 7) is 0. The lowest BCUT2D eigenvalue weighted by atomic mass is 10.1. The number of carbonyl (C=O) groups is 1. The first-order valence-corrected chi connectivity index (χ1v) is 7.90. The number of nitriles is 1. The molecule has 0 saturated carbocycles. The second-order valence-corrected chi connectivity index (χ2v) is 6.55. The molecule has 0 aliphatic rings. The normalized spacial score (nSPS) is 11.6. The molecule has 0 aromatic heterocycles. The van der Waals surface area contributed by atoms with E-state index in [4.69, 9.17) is 5.26 Å². The van der Waals surface area contributed by atoms with Crippen molar-refractivity contribution in [2.24, 2.45) is 0 Å². The van der Waals surface area contributed by atoms with Gasteiger partial charge in [0.1, 0.15) is 11.3 Å². The Morgan fingerprint density at radius 2 is 2.00 bits per heavy atom. The highest BCUT2D eigenvalue weighted by Gasteiger charge is 2.21. The van der Waals surface area contributed by atoms with E-state index < -0.39 is 11.2 Å².